The SMILES string of the molecule is CC1(CO)CCN(C(=O)NCc2c(F)cccc2OC(F)F)CC1. The zero-order valence-corrected chi connectivity index (χ0v) is 13.4. The van der Waals surface area contributed by atoms with E-state index in [-0.39, 0.29) is 29.9 Å². The van der Waals surface area contributed by atoms with Crippen molar-refractivity contribution in [2.24, 2.45) is 5.41 Å². The Balaban J connectivity index is 1.95. The lowest BCUT2D eigenvalue weighted by Crippen LogP contribution is -2.47. The van der Waals surface area contributed by atoms with Crippen LogP contribution in [0.2, 0.25) is 0 Å². The van der Waals surface area contributed by atoms with E-state index in [2.05, 4.69) is 10.1 Å². The summed E-state index contributed by atoms with van der Waals surface area (Å²) >= 11 is 0. The number of hydrogen-bond donors (Lipinski definition) is 2. The molecule has 1 saturated heterocycles. The molecule has 1 aliphatic heterocycles. The second-order valence-corrected chi connectivity index (χ2v) is 6.21. The van der Waals surface area contributed by atoms with Gasteiger partial charge < -0.3 is 20.1 Å². The molecule has 1 fully saturated rings. The molecule has 0 spiro atoms. The van der Waals surface area contributed by atoms with E-state index in [1.54, 1.807) is 4.90 Å². The van der Waals surface area contributed by atoms with Gasteiger partial charge in [0.25, 0.3) is 0 Å². The molecule has 5 nitrogen and oxygen atoms in total. The maximum Gasteiger partial charge on any atom is 0.387 e. The number of nitrogens with zero attached hydrogens (tertiary/aromatic N) is 1. The molecule has 134 valence electrons. The number of benzene rings is 1. The van der Waals surface area contributed by atoms with E-state index in [4.69, 9.17) is 0 Å². The van der Waals surface area contributed by atoms with Gasteiger partial charge in [0.2, 0.25) is 0 Å². The van der Waals surface area contributed by atoms with Crippen molar-refractivity contribution in [2.45, 2.75) is 32.9 Å². The predicted octanol–water partition coefficient (Wildman–Crippen LogP) is 2.73. The molecular formula is C16H21F3N2O3. The molecule has 0 atom stereocenters. The van der Waals surface area contributed by atoms with Crippen molar-refractivity contribution in [3.05, 3.63) is 29.6 Å². The minimum atomic E-state index is -3.07. The summed E-state index contributed by atoms with van der Waals surface area (Å²) < 4.78 is 42.8. The molecule has 24 heavy (non-hydrogen) atoms. The molecule has 1 aromatic rings. The maximum atomic E-state index is 13.8. The number of hydrogen-bond acceptors (Lipinski definition) is 3. The van der Waals surface area contributed by atoms with Gasteiger partial charge >= 0.3 is 12.6 Å². The molecule has 2 N–H and O–H groups in total. The third kappa shape index (κ3) is 4.53. The van der Waals surface area contributed by atoms with E-state index < -0.39 is 18.5 Å². The summed E-state index contributed by atoms with van der Waals surface area (Å²) in [7, 11) is 0. The van der Waals surface area contributed by atoms with Gasteiger partial charge in [0.15, 0.2) is 0 Å². The van der Waals surface area contributed by atoms with Gasteiger partial charge in [-0.05, 0) is 30.4 Å². The monoisotopic (exact) mass is 346 g/mol. The first-order chi connectivity index (χ1) is 11.3. The van der Waals surface area contributed by atoms with Crippen LogP contribution in [-0.4, -0.2) is 42.3 Å². The second-order valence-electron chi connectivity index (χ2n) is 6.21. The van der Waals surface area contributed by atoms with Crippen molar-refractivity contribution in [1.82, 2.24) is 10.2 Å². The summed E-state index contributed by atoms with van der Waals surface area (Å²) in [6, 6.07) is 3.21. The molecule has 0 bridgehead atoms. The summed E-state index contributed by atoms with van der Waals surface area (Å²) in [4.78, 5) is 13.7. The number of carbonyl (C=O) groups excluding carboxylic acids is 1. The van der Waals surface area contributed by atoms with E-state index in [0.717, 1.165) is 6.07 Å². The number of rotatable bonds is 5. The number of carbonyl (C=O) groups is 1. The quantitative estimate of drug-likeness (QED) is 0.862. The maximum absolute atomic E-state index is 13.8. The van der Waals surface area contributed by atoms with E-state index in [1.165, 1.54) is 12.1 Å². The third-order valence-electron chi connectivity index (χ3n) is 4.35. The normalized spacial score (nSPS) is 17.0. The summed E-state index contributed by atoms with van der Waals surface area (Å²) in [6.45, 7) is -0.358. The Labute approximate surface area is 138 Å². The minimum absolute atomic E-state index is 0.0615. The number of nitrogens with one attached hydrogen (secondary N) is 1. The summed E-state index contributed by atoms with van der Waals surface area (Å²) in [5.74, 6) is -1.02. The van der Waals surface area contributed by atoms with Crippen LogP contribution in [0.25, 0.3) is 0 Å². The fraction of sp³-hybridized carbons (Fsp3) is 0.562. The Morgan fingerprint density at radius 3 is 2.67 bits per heavy atom. The predicted molar refractivity (Wildman–Crippen MR) is 81.3 cm³/mol. The van der Waals surface area contributed by atoms with Crippen molar-refractivity contribution in [3.63, 3.8) is 0 Å². The molecule has 8 heteroatoms. The number of urea groups is 1. The van der Waals surface area contributed by atoms with E-state index in [9.17, 15) is 23.1 Å². The van der Waals surface area contributed by atoms with Crippen molar-refractivity contribution >= 4 is 6.03 Å². The highest BCUT2D eigenvalue weighted by Crippen LogP contribution is 2.30. The van der Waals surface area contributed by atoms with Crippen LogP contribution in [0.15, 0.2) is 18.2 Å². The Kier molecular flexibility index (Phi) is 5.93. The summed E-state index contributed by atoms with van der Waals surface area (Å²) in [5.41, 5.74) is -0.316. The van der Waals surface area contributed by atoms with Gasteiger partial charge in [0, 0.05) is 25.3 Å². The first-order valence-electron chi connectivity index (χ1n) is 7.70. The Morgan fingerprint density at radius 2 is 2.08 bits per heavy atom. The van der Waals surface area contributed by atoms with Gasteiger partial charge in [-0.15, -0.1) is 0 Å². The van der Waals surface area contributed by atoms with Crippen LogP contribution >= 0.6 is 0 Å². The van der Waals surface area contributed by atoms with Crippen LogP contribution in [0.5, 0.6) is 5.75 Å². The number of ether oxygens (including phenoxy) is 1. The number of alkyl halides is 2. The zero-order valence-electron chi connectivity index (χ0n) is 13.4. The molecule has 0 aromatic heterocycles. The fourth-order valence-electron chi connectivity index (χ4n) is 2.60. The molecule has 0 saturated carbocycles. The molecule has 1 aromatic carbocycles. The van der Waals surface area contributed by atoms with Crippen LogP contribution < -0.4 is 10.1 Å². The number of aliphatic hydroxyl groups excluding tert-OH is 1. The molecular weight excluding hydrogens is 325 g/mol. The lowest BCUT2D eigenvalue weighted by Gasteiger charge is -2.38. The van der Waals surface area contributed by atoms with Crippen molar-refractivity contribution in [2.75, 3.05) is 19.7 Å². The number of halogens is 3. The highest BCUT2D eigenvalue weighted by atomic mass is 19.3. The first-order valence-corrected chi connectivity index (χ1v) is 7.70. The summed E-state index contributed by atoms with van der Waals surface area (Å²) in [5, 5.41) is 11.9. The van der Waals surface area contributed by atoms with Gasteiger partial charge in [0.1, 0.15) is 11.6 Å². The summed E-state index contributed by atoms with van der Waals surface area (Å²) in [6.07, 6.45) is 1.33. The smallest absolute Gasteiger partial charge is 0.387 e. The van der Waals surface area contributed by atoms with Gasteiger partial charge in [-0.1, -0.05) is 13.0 Å². The molecule has 1 heterocycles. The number of amides is 2. The topological polar surface area (TPSA) is 61.8 Å². The van der Waals surface area contributed by atoms with E-state index >= 15 is 0 Å². The third-order valence-corrected chi connectivity index (χ3v) is 4.35. The molecule has 2 rings (SSSR count). The van der Waals surface area contributed by atoms with E-state index in [0.29, 0.717) is 25.9 Å². The molecule has 0 unspecified atom stereocenters. The number of likely N-dealkylation sites (tertiary alicyclic amines) is 1. The largest absolute Gasteiger partial charge is 0.434 e. The van der Waals surface area contributed by atoms with Gasteiger partial charge in [-0.3, -0.25) is 0 Å². The van der Waals surface area contributed by atoms with Crippen LogP contribution in [0.1, 0.15) is 25.3 Å². The highest BCUT2D eigenvalue weighted by molar-refractivity contribution is 5.74. The molecule has 0 radical (unpaired) electrons. The Hall–Kier alpha value is -1.96. The second kappa shape index (κ2) is 7.74. The average Bonchev–Trinajstić information content (AvgIpc) is 2.54. The van der Waals surface area contributed by atoms with Crippen LogP contribution in [0, 0.1) is 11.2 Å². The van der Waals surface area contributed by atoms with Crippen LogP contribution in [0.4, 0.5) is 18.0 Å². The molecule has 2 amide bonds. The van der Waals surface area contributed by atoms with Crippen molar-refractivity contribution < 1.29 is 27.8 Å². The zero-order chi connectivity index (χ0) is 17.7. The Morgan fingerprint density at radius 1 is 1.42 bits per heavy atom. The van der Waals surface area contributed by atoms with Gasteiger partial charge in [0.05, 0.1) is 6.54 Å². The van der Waals surface area contributed by atoms with Crippen LogP contribution in [0.3, 0.4) is 0 Å². The van der Waals surface area contributed by atoms with E-state index in [1.807, 2.05) is 6.92 Å². The number of aliphatic hydroxyl groups is 1. The lowest BCUT2D eigenvalue weighted by molar-refractivity contribution is -0.0506. The lowest BCUT2D eigenvalue weighted by atomic mass is 9.81. The van der Waals surface area contributed by atoms with Crippen molar-refractivity contribution in [1.29, 1.82) is 0 Å². The number of piperidine rings is 1. The average molecular weight is 346 g/mol. The van der Waals surface area contributed by atoms with Gasteiger partial charge in [-0.25, -0.2) is 9.18 Å². The first kappa shape index (κ1) is 18.4. The minimum Gasteiger partial charge on any atom is -0.434 e. The van der Waals surface area contributed by atoms with Crippen LogP contribution in [-0.2, 0) is 6.54 Å². The van der Waals surface area contributed by atoms with Crippen molar-refractivity contribution in [3.8, 4) is 5.75 Å². The molecule has 0 aliphatic carbocycles. The Bertz CT molecular complexity index is 576. The van der Waals surface area contributed by atoms with Gasteiger partial charge in [-0.2, -0.15) is 8.78 Å². The highest BCUT2D eigenvalue weighted by Gasteiger charge is 2.31. The standard InChI is InChI=1S/C16H21F3N2O3/c1-16(10-22)5-7-21(8-6-16)15(23)20-9-11-12(17)3-2-4-13(11)24-14(18)19/h2-4,14,22H,5-10H2,1H3,(H,20,23). The molecule has 1 aliphatic rings. The fourth-order valence-corrected chi connectivity index (χ4v) is 2.60.